The number of hydrogen-bond acceptors (Lipinski definition) is 3. The van der Waals surface area contributed by atoms with Gasteiger partial charge in [-0.3, -0.25) is 4.72 Å². The molecule has 112 valence electrons. The molecule has 1 heterocycles. The molecule has 0 aliphatic carbocycles. The zero-order valence-electron chi connectivity index (χ0n) is 12.1. The Morgan fingerprint density at radius 3 is 2.90 bits per heavy atom. The molecule has 0 radical (unpaired) electrons. The van der Waals surface area contributed by atoms with Gasteiger partial charge in [-0.2, -0.15) is 12.7 Å². The Bertz CT molecular complexity index is 558. The number of anilines is 1. The van der Waals surface area contributed by atoms with E-state index in [1.54, 1.807) is 7.05 Å². The zero-order chi connectivity index (χ0) is 14.6. The molecule has 0 bridgehead atoms. The highest BCUT2D eigenvalue weighted by Crippen LogP contribution is 2.20. The topological polar surface area (TPSA) is 61.4 Å². The van der Waals surface area contributed by atoms with Crippen molar-refractivity contribution >= 4 is 15.9 Å². The first-order valence-corrected chi connectivity index (χ1v) is 8.53. The lowest BCUT2D eigenvalue weighted by atomic mass is 10.0. The van der Waals surface area contributed by atoms with Crippen LogP contribution in [0.3, 0.4) is 0 Å². The van der Waals surface area contributed by atoms with Crippen molar-refractivity contribution in [1.29, 1.82) is 0 Å². The minimum atomic E-state index is -3.45. The van der Waals surface area contributed by atoms with Gasteiger partial charge in [-0.05, 0) is 42.6 Å². The van der Waals surface area contributed by atoms with Crippen molar-refractivity contribution in [1.82, 2.24) is 9.62 Å². The van der Waals surface area contributed by atoms with E-state index in [2.05, 4.69) is 10.0 Å². The summed E-state index contributed by atoms with van der Waals surface area (Å²) in [4.78, 5) is 0. The first kappa shape index (κ1) is 15.3. The average Bonchev–Trinajstić information content (AvgIpc) is 2.44. The first-order chi connectivity index (χ1) is 9.53. The number of hydrogen-bond donors (Lipinski definition) is 2. The van der Waals surface area contributed by atoms with Crippen LogP contribution in [0.25, 0.3) is 0 Å². The number of rotatable bonds is 6. The van der Waals surface area contributed by atoms with Gasteiger partial charge in [0.2, 0.25) is 0 Å². The number of fused-ring (bicyclic) bond motifs is 1. The molecule has 6 heteroatoms. The molecule has 0 saturated heterocycles. The quantitative estimate of drug-likeness (QED) is 0.840. The van der Waals surface area contributed by atoms with Crippen molar-refractivity contribution in [3.8, 4) is 0 Å². The fourth-order valence-electron chi connectivity index (χ4n) is 2.27. The van der Waals surface area contributed by atoms with Crippen molar-refractivity contribution in [2.45, 2.75) is 32.7 Å². The standard InChI is InChI=1S/C14H23N3O2S/c1-3-4-9-17(2)20(18,19)16-14-6-5-12-7-8-15-11-13(12)10-14/h5-6,10,15-16H,3-4,7-9,11H2,1-2H3. The molecule has 1 aliphatic heterocycles. The van der Waals surface area contributed by atoms with E-state index < -0.39 is 10.2 Å². The first-order valence-electron chi connectivity index (χ1n) is 7.09. The van der Waals surface area contributed by atoms with Gasteiger partial charge in [0.05, 0.1) is 5.69 Å². The lowest BCUT2D eigenvalue weighted by molar-refractivity contribution is 0.463. The molecule has 1 aromatic rings. The number of unbranched alkanes of at least 4 members (excludes halogenated alkanes) is 1. The van der Waals surface area contributed by atoms with Gasteiger partial charge in [0, 0.05) is 20.1 Å². The van der Waals surface area contributed by atoms with E-state index in [0.29, 0.717) is 12.2 Å². The third-order valence-electron chi connectivity index (χ3n) is 3.58. The minimum absolute atomic E-state index is 0.540. The monoisotopic (exact) mass is 297 g/mol. The van der Waals surface area contributed by atoms with Crippen molar-refractivity contribution in [3.05, 3.63) is 29.3 Å². The van der Waals surface area contributed by atoms with Crippen LogP contribution in [0.4, 0.5) is 5.69 Å². The van der Waals surface area contributed by atoms with Gasteiger partial charge in [-0.25, -0.2) is 0 Å². The third kappa shape index (κ3) is 3.71. The Morgan fingerprint density at radius 2 is 2.15 bits per heavy atom. The maximum Gasteiger partial charge on any atom is 0.301 e. The van der Waals surface area contributed by atoms with Crippen LogP contribution in [-0.4, -0.2) is 32.9 Å². The summed E-state index contributed by atoms with van der Waals surface area (Å²) >= 11 is 0. The molecular weight excluding hydrogens is 274 g/mol. The highest BCUT2D eigenvalue weighted by atomic mass is 32.2. The largest absolute Gasteiger partial charge is 0.312 e. The van der Waals surface area contributed by atoms with Crippen LogP contribution >= 0.6 is 0 Å². The van der Waals surface area contributed by atoms with Crippen LogP contribution in [-0.2, 0) is 23.2 Å². The smallest absolute Gasteiger partial charge is 0.301 e. The van der Waals surface area contributed by atoms with E-state index in [0.717, 1.165) is 32.4 Å². The normalized spacial score (nSPS) is 15.2. The predicted octanol–water partition coefficient (Wildman–Crippen LogP) is 1.72. The highest BCUT2D eigenvalue weighted by molar-refractivity contribution is 7.90. The molecule has 0 aromatic heterocycles. The summed E-state index contributed by atoms with van der Waals surface area (Å²) < 4.78 is 28.4. The summed E-state index contributed by atoms with van der Waals surface area (Å²) in [6.45, 7) is 4.37. The molecule has 0 unspecified atom stereocenters. The summed E-state index contributed by atoms with van der Waals surface area (Å²) in [5.41, 5.74) is 3.11. The van der Waals surface area contributed by atoms with Gasteiger partial charge in [0.15, 0.2) is 0 Å². The Labute approximate surface area is 121 Å². The highest BCUT2D eigenvalue weighted by Gasteiger charge is 2.18. The molecule has 0 saturated carbocycles. The molecule has 1 aliphatic rings. The van der Waals surface area contributed by atoms with Crippen LogP contribution in [0.5, 0.6) is 0 Å². The Hall–Kier alpha value is -1.11. The van der Waals surface area contributed by atoms with E-state index in [9.17, 15) is 8.42 Å². The fourth-order valence-corrected chi connectivity index (χ4v) is 3.22. The van der Waals surface area contributed by atoms with Gasteiger partial charge < -0.3 is 5.32 Å². The van der Waals surface area contributed by atoms with Crippen LogP contribution in [0, 0.1) is 0 Å². The van der Waals surface area contributed by atoms with Crippen molar-refractivity contribution in [2.24, 2.45) is 0 Å². The number of nitrogens with zero attached hydrogens (tertiary/aromatic N) is 1. The average molecular weight is 297 g/mol. The van der Waals surface area contributed by atoms with Gasteiger partial charge in [0.25, 0.3) is 0 Å². The Kier molecular flexibility index (Phi) is 5.01. The summed E-state index contributed by atoms with van der Waals surface area (Å²) in [6.07, 6.45) is 2.84. The molecule has 2 N–H and O–H groups in total. The second kappa shape index (κ2) is 6.56. The van der Waals surface area contributed by atoms with E-state index in [-0.39, 0.29) is 0 Å². The van der Waals surface area contributed by atoms with E-state index in [1.165, 1.54) is 15.4 Å². The molecule has 1 aromatic carbocycles. The summed E-state index contributed by atoms with van der Waals surface area (Å²) in [5, 5.41) is 3.29. The minimum Gasteiger partial charge on any atom is -0.312 e. The molecule has 0 spiro atoms. The summed E-state index contributed by atoms with van der Waals surface area (Å²) in [7, 11) is -1.84. The van der Waals surface area contributed by atoms with Crippen LogP contribution in [0.2, 0.25) is 0 Å². The van der Waals surface area contributed by atoms with Gasteiger partial charge in [-0.1, -0.05) is 19.4 Å². The van der Waals surface area contributed by atoms with Gasteiger partial charge in [-0.15, -0.1) is 0 Å². The van der Waals surface area contributed by atoms with E-state index >= 15 is 0 Å². The molecular formula is C14H23N3O2S. The van der Waals surface area contributed by atoms with Crippen molar-refractivity contribution in [3.63, 3.8) is 0 Å². The second-order valence-electron chi connectivity index (χ2n) is 5.19. The SMILES string of the molecule is CCCCN(C)S(=O)(=O)Nc1ccc2c(c1)CNCC2. The maximum atomic E-state index is 12.2. The van der Waals surface area contributed by atoms with Crippen LogP contribution in [0.15, 0.2) is 18.2 Å². The lowest BCUT2D eigenvalue weighted by Crippen LogP contribution is -2.33. The molecule has 0 amide bonds. The second-order valence-corrected chi connectivity index (χ2v) is 6.97. The predicted molar refractivity (Wildman–Crippen MR) is 81.9 cm³/mol. The molecule has 5 nitrogen and oxygen atoms in total. The summed E-state index contributed by atoms with van der Waals surface area (Å²) in [6, 6.07) is 5.78. The fraction of sp³-hybridized carbons (Fsp3) is 0.571. The van der Waals surface area contributed by atoms with Crippen LogP contribution in [0.1, 0.15) is 30.9 Å². The maximum absolute atomic E-state index is 12.2. The Morgan fingerprint density at radius 1 is 1.35 bits per heavy atom. The third-order valence-corrected chi connectivity index (χ3v) is 5.07. The van der Waals surface area contributed by atoms with E-state index in [1.807, 2.05) is 25.1 Å². The lowest BCUT2D eigenvalue weighted by Gasteiger charge is -2.21. The molecule has 2 rings (SSSR count). The van der Waals surface area contributed by atoms with Crippen molar-refractivity contribution < 1.29 is 8.42 Å². The zero-order valence-corrected chi connectivity index (χ0v) is 13.0. The van der Waals surface area contributed by atoms with E-state index in [4.69, 9.17) is 0 Å². The molecule has 0 atom stereocenters. The van der Waals surface area contributed by atoms with Crippen LogP contribution < -0.4 is 10.0 Å². The molecule has 0 fully saturated rings. The van der Waals surface area contributed by atoms with Crippen molar-refractivity contribution in [2.75, 3.05) is 24.9 Å². The van der Waals surface area contributed by atoms with Gasteiger partial charge in [0.1, 0.15) is 0 Å². The number of benzene rings is 1. The molecule has 20 heavy (non-hydrogen) atoms. The Balaban J connectivity index is 2.09. The van der Waals surface area contributed by atoms with Gasteiger partial charge >= 0.3 is 10.2 Å². The number of nitrogens with one attached hydrogen (secondary N) is 2. The summed E-state index contributed by atoms with van der Waals surface area (Å²) in [5.74, 6) is 0.